The van der Waals surface area contributed by atoms with Crippen molar-refractivity contribution in [3.63, 3.8) is 0 Å². The van der Waals surface area contributed by atoms with Gasteiger partial charge in [0.05, 0.1) is 10.8 Å². The Morgan fingerprint density at radius 2 is 1.77 bits per heavy atom. The molecule has 142 valence electrons. The topological polar surface area (TPSA) is 104 Å². The number of carboxylic acid groups (broad SMARTS) is 1. The Morgan fingerprint density at radius 1 is 1.08 bits per heavy atom. The van der Waals surface area contributed by atoms with Gasteiger partial charge in [-0.05, 0) is 43.9 Å². The normalized spacial score (nSPS) is 21.7. The number of rotatable bonds is 5. The average molecular weight is 380 g/mol. The maximum Gasteiger partial charge on any atom is 0.335 e. The molecule has 1 aliphatic carbocycles. The predicted molar refractivity (Wildman–Crippen MR) is 96.6 cm³/mol. The van der Waals surface area contributed by atoms with Crippen molar-refractivity contribution in [2.75, 3.05) is 13.1 Å². The van der Waals surface area contributed by atoms with Crippen LogP contribution in [-0.2, 0) is 10.0 Å². The number of hydrogen-bond donors (Lipinski definition) is 2. The minimum Gasteiger partial charge on any atom is -0.478 e. The largest absolute Gasteiger partial charge is 0.478 e. The van der Waals surface area contributed by atoms with Crippen LogP contribution in [-0.4, -0.2) is 54.7 Å². The first-order valence-corrected chi connectivity index (χ1v) is 10.6. The molecule has 1 aromatic rings. The molecule has 1 unspecified atom stereocenters. The quantitative estimate of drug-likeness (QED) is 0.811. The highest BCUT2D eigenvalue weighted by Crippen LogP contribution is 2.23. The molecule has 1 saturated heterocycles. The van der Waals surface area contributed by atoms with E-state index < -0.39 is 21.2 Å². The number of carbonyl (C=O) groups is 2. The molecule has 1 heterocycles. The maximum absolute atomic E-state index is 12.7. The number of carboxylic acids is 1. The number of hydrogen-bond acceptors (Lipinski definition) is 4. The zero-order valence-electron chi connectivity index (χ0n) is 14.6. The Kier molecular flexibility index (Phi) is 5.62. The van der Waals surface area contributed by atoms with E-state index in [1.54, 1.807) is 6.07 Å². The standard InChI is InChI=1S/C18H24N2O5S/c21-17(13-5-3-6-14(11-13)18(22)23)20-10-4-9-16(12-20)26(24,25)19-15-7-1-2-8-15/h3,5-6,11,15-16,19H,1-2,4,7-10,12H2,(H,22,23). The van der Waals surface area contributed by atoms with Gasteiger partial charge in [-0.2, -0.15) is 0 Å². The van der Waals surface area contributed by atoms with Crippen molar-refractivity contribution >= 4 is 21.9 Å². The maximum atomic E-state index is 12.7. The highest BCUT2D eigenvalue weighted by molar-refractivity contribution is 7.90. The van der Waals surface area contributed by atoms with Crippen LogP contribution >= 0.6 is 0 Å². The molecule has 26 heavy (non-hydrogen) atoms. The number of nitrogens with one attached hydrogen (secondary N) is 1. The minimum absolute atomic E-state index is 0.0123. The number of sulfonamides is 1. The van der Waals surface area contributed by atoms with E-state index in [1.807, 2.05) is 0 Å². The molecular weight excluding hydrogens is 356 g/mol. The van der Waals surface area contributed by atoms with Crippen molar-refractivity contribution in [1.82, 2.24) is 9.62 Å². The van der Waals surface area contributed by atoms with E-state index in [0.29, 0.717) is 19.4 Å². The lowest BCUT2D eigenvalue weighted by Gasteiger charge is -2.33. The Bertz CT molecular complexity index is 787. The number of amides is 1. The van der Waals surface area contributed by atoms with Crippen molar-refractivity contribution < 1.29 is 23.1 Å². The van der Waals surface area contributed by atoms with Gasteiger partial charge in [0.15, 0.2) is 0 Å². The third-order valence-electron chi connectivity index (χ3n) is 5.15. The summed E-state index contributed by atoms with van der Waals surface area (Å²) < 4.78 is 28.1. The summed E-state index contributed by atoms with van der Waals surface area (Å²) in [5, 5.41) is 8.45. The lowest BCUT2D eigenvalue weighted by atomic mass is 10.1. The lowest BCUT2D eigenvalue weighted by molar-refractivity contribution is 0.0697. The van der Waals surface area contributed by atoms with E-state index >= 15 is 0 Å². The van der Waals surface area contributed by atoms with Gasteiger partial charge >= 0.3 is 5.97 Å². The van der Waals surface area contributed by atoms with Crippen LogP contribution in [0.25, 0.3) is 0 Å². The summed E-state index contributed by atoms with van der Waals surface area (Å²) in [6.45, 7) is 0.615. The molecular formula is C18H24N2O5S. The molecule has 1 aliphatic heterocycles. The monoisotopic (exact) mass is 380 g/mol. The SMILES string of the molecule is O=C(O)c1cccc(C(=O)N2CCCC(S(=O)(=O)NC3CCCC3)C2)c1. The molecule has 2 fully saturated rings. The van der Waals surface area contributed by atoms with E-state index in [2.05, 4.69) is 4.72 Å². The molecule has 0 radical (unpaired) electrons. The fourth-order valence-electron chi connectivity index (χ4n) is 3.72. The second-order valence-electron chi connectivity index (χ2n) is 7.05. The zero-order chi connectivity index (χ0) is 18.7. The van der Waals surface area contributed by atoms with Gasteiger partial charge in [0.25, 0.3) is 5.91 Å². The van der Waals surface area contributed by atoms with Gasteiger partial charge in [-0.15, -0.1) is 0 Å². The van der Waals surface area contributed by atoms with Crippen LogP contribution in [0.3, 0.4) is 0 Å². The second-order valence-corrected chi connectivity index (χ2v) is 9.04. The fraction of sp³-hybridized carbons (Fsp3) is 0.556. The van der Waals surface area contributed by atoms with Gasteiger partial charge in [0.2, 0.25) is 10.0 Å². The van der Waals surface area contributed by atoms with Gasteiger partial charge in [-0.25, -0.2) is 17.9 Å². The first kappa shape index (κ1) is 18.8. The highest BCUT2D eigenvalue weighted by Gasteiger charge is 2.34. The van der Waals surface area contributed by atoms with Crippen LogP contribution < -0.4 is 4.72 Å². The number of likely N-dealkylation sites (tertiary alicyclic amines) is 1. The third-order valence-corrected chi connectivity index (χ3v) is 7.07. The van der Waals surface area contributed by atoms with Gasteiger partial charge in [0.1, 0.15) is 0 Å². The van der Waals surface area contributed by atoms with Crippen LogP contribution in [0, 0.1) is 0 Å². The summed E-state index contributed by atoms with van der Waals surface area (Å²) in [7, 11) is -3.47. The van der Waals surface area contributed by atoms with E-state index in [1.165, 1.54) is 23.1 Å². The molecule has 8 heteroatoms. The molecule has 3 rings (SSSR count). The number of aromatic carboxylic acids is 1. The molecule has 0 spiro atoms. The molecule has 1 atom stereocenters. The van der Waals surface area contributed by atoms with E-state index in [4.69, 9.17) is 5.11 Å². The van der Waals surface area contributed by atoms with Crippen molar-refractivity contribution in [2.45, 2.75) is 49.8 Å². The predicted octanol–water partition coefficient (Wildman–Crippen LogP) is 1.85. The average Bonchev–Trinajstić information content (AvgIpc) is 3.13. The van der Waals surface area contributed by atoms with Crippen molar-refractivity contribution in [2.24, 2.45) is 0 Å². The molecule has 7 nitrogen and oxygen atoms in total. The molecule has 2 aliphatic rings. The molecule has 1 amide bonds. The lowest BCUT2D eigenvalue weighted by Crippen LogP contribution is -2.49. The van der Waals surface area contributed by atoms with Crippen LogP contribution in [0.1, 0.15) is 59.2 Å². The Hall–Kier alpha value is -1.93. The molecule has 0 bridgehead atoms. The smallest absolute Gasteiger partial charge is 0.335 e. The Labute approximate surface area is 153 Å². The van der Waals surface area contributed by atoms with Crippen LogP contribution in [0.4, 0.5) is 0 Å². The second kappa shape index (κ2) is 7.75. The third kappa shape index (κ3) is 4.24. The summed E-state index contributed by atoms with van der Waals surface area (Å²) in [5.74, 6) is -1.42. The first-order chi connectivity index (χ1) is 12.4. The van der Waals surface area contributed by atoms with Gasteiger partial charge in [-0.3, -0.25) is 4.79 Å². The summed E-state index contributed by atoms with van der Waals surface area (Å²) in [5.41, 5.74) is 0.312. The molecule has 1 aromatic carbocycles. The minimum atomic E-state index is -3.47. The van der Waals surface area contributed by atoms with Crippen molar-refractivity contribution in [3.05, 3.63) is 35.4 Å². The number of benzene rings is 1. The fourth-order valence-corrected chi connectivity index (χ4v) is 5.46. The highest BCUT2D eigenvalue weighted by atomic mass is 32.2. The van der Waals surface area contributed by atoms with Gasteiger partial charge < -0.3 is 10.0 Å². The van der Waals surface area contributed by atoms with E-state index in [0.717, 1.165) is 25.7 Å². The van der Waals surface area contributed by atoms with E-state index in [9.17, 15) is 18.0 Å². The summed E-state index contributed by atoms with van der Waals surface area (Å²) >= 11 is 0. The number of piperidine rings is 1. The summed E-state index contributed by atoms with van der Waals surface area (Å²) in [6, 6.07) is 5.85. The number of carbonyl (C=O) groups excluding carboxylic acids is 1. The molecule has 0 aromatic heterocycles. The van der Waals surface area contributed by atoms with Crippen LogP contribution in [0.5, 0.6) is 0 Å². The summed E-state index contributed by atoms with van der Waals surface area (Å²) in [4.78, 5) is 25.3. The molecule has 1 saturated carbocycles. The van der Waals surface area contributed by atoms with Gasteiger partial charge in [0, 0.05) is 24.7 Å². The van der Waals surface area contributed by atoms with Gasteiger partial charge in [-0.1, -0.05) is 18.9 Å². The Morgan fingerprint density at radius 3 is 2.46 bits per heavy atom. The first-order valence-electron chi connectivity index (χ1n) is 9.00. The summed E-state index contributed by atoms with van der Waals surface area (Å²) in [6.07, 6.45) is 4.97. The zero-order valence-corrected chi connectivity index (χ0v) is 15.4. The molecule has 2 N–H and O–H groups in total. The van der Waals surface area contributed by atoms with Crippen LogP contribution in [0.15, 0.2) is 24.3 Å². The van der Waals surface area contributed by atoms with E-state index in [-0.39, 0.29) is 29.6 Å². The number of nitrogens with zero attached hydrogens (tertiary/aromatic N) is 1. The van der Waals surface area contributed by atoms with Crippen LogP contribution in [0.2, 0.25) is 0 Å². The van der Waals surface area contributed by atoms with Crippen molar-refractivity contribution in [3.8, 4) is 0 Å². The Balaban J connectivity index is 1.70. The van der Waals surface area contributed by atoms with Crippen molar-refractivity contribution in [1.29, 1.82) is 0 Å².